The molecule has 0 radical (unpaired) electrons. The number of aromatic nitrogens is 2. The fraction of sp³-hybridized carbons (Fsp3) is 0.444. The Kier molecular flexibility index (Phi) is 3.54. The first-order chi connectivity index (χ1) is 7.32. The van der Waals surface area contributed by atoms with E-state index in [9.17, 15) is 4.79 Å². The van der Waals surface area contributed by atoms with E-state index in [-0.39, 0.29) is 17.3 Å². The van der Waals surface area contributed by atoms with Crippen LogP contribution in [0, 0.1) is 0 Å². The molecule has 0 bridgehead atoms. The Morgan fingerprint density at radius 3 is 2.75 bits per heavy atom. The first-order valence-corrected chi connectivity index (χ1v) is 5.02. The van der Waals surface area contributed by atoms with E-state index in [2.05, 4.69) is 15.3 Å². The second-order valence-corrected chi connectivity index (χ2v) is 4.44. The van der Waals surface area contributed by atoms with E-state index in [1.807, 2.05) is 13.8 Å². The zero-order chi connectivity index (χ0) is 12.3. The van der Waals surface area contributed by atoms with Crippen LogP contribution >= 0.6 is 11.6 Å². The normalized spacial score (nSPS) is 11.2. The lowest BCUT2D eigenvalue weighted by atomic mass is 10.0. The predicted octanol–water partition coefficient (Wildman–Crippen LogP) is 0.778. The second kappa shape index (κ2) is 4.52. The summed E-state index contributed by atoms with van der Waals surface area (Å²) in [5.41, 5.74) is 10.5. The summed E-state index contributed by atoms with van der Waals surface area (Å²) in [6, 6.07) is 0. The molecule has 1 aromatic heterocycles. The van der Waals surface area contributed by atoms with Crippen molar-refractivity contribution in [2.75, 3.05) is 11.1 Å². The van der Waals surface area contributed by atoms with Crippen molar-refractivity contribution in [2.45, 2.75) is 25.8 Å². The number of amides is 1. The summed E-state index contributed by atoms with van der Waals surface area (Å²) >= 11 is 5.74. The van der Waals surface area contributed by atoms with Gasteiger partial charge in [0.15, 0.2) is 11.0 Å². The first kappa shape index (κ1) is 12.5. The minimum atomic E-state index is -0.544. The topological polar surface area (TPSA) is 107 Å². The lowest BCUT2D eigenvalue weighted by molar-refractivity contribution is -0.118. The molecule has 0 aliphatic heterocycles. The van der Waals surface area contributed by atoms with Gasteiger partial charge in [-0.05, 0) is 13.8 Å². The number of hydrogen-bond donors (Lipinski definition) is 3. The first-order valence-electron chi connectivity index (χ1n) is 4.64. The number of nitrogens with zero attached hydrogens (tertiary/aromatic N) is 2. The van der Waals surface area contributed by atoms with Crippen LogP contribution in [0.3, 0.4) is 0 Å². The Labute approximate surface area is 98.4 Å². The van der Waals surface area contributed by atoms with E-state index in [0.29, 0.717) is 5.82 Å². The molecular weight excluding hydrogens is 230 g/mol. The molecule has 1 aromatic rings. The number of hydrogen-bond acceptors (Lipinski definition) is 5. The van der Waals surface area contributed by atoms with Crippen molar-refractivity contribution in [3.63, 3.8) is 0 Å². The summed E-state index contributed by atoms with van der Waals surface area (Å²) in [5, 5.41) is 3.17. The molecule has 0 unspecified atom stereocenters. The van der Waals surface area contributed by atoms with Gasteiger partial charge in [0.25, 0.3) is 0 Å². The highest BCUT2D eigenvalue weighted by molar-refractivity contribution is 6.32. The van der Waals surface area contributed by atoms with E-state index in [1.54, 1.807) is 0 Å². The third kappa shape index (κ3) is 3.23. The molecule has 0 atom stereocenters. The van der Waals surface area contributed by atoms with Crippen molar-refractivity contribution in [3.05, 3.63) is 11.5 Å². The smallest absolute Gasteiger partial charge is 0.219 e. The monoisotopic (exact) mass is 243 g/mol. The molecule has 0 saturated heterocycles. The third-order valence-electron chi connectivity index (χ3n) is 1.91. The molecule has 0 saturated carbocycles. The molecule has 0 aliphatic rings. The third-order valence-corrected chi connectivity index (χ3v) is 2.21. The van der Waals surface area contributed by atoms with Crippen LogP contribution in [0.2, 0.25) is 5.15 Å². The minimum absolute atomic E-state index is 0.161. The predicted molar refractivity (Wildman–Crippen MR) is 63.0 cm³/mol. The molecule has 1 rings (SSSR count). The van der Waals surface area contributed by atoms with Gasteiger partial charge < -0.3 is 16.8 Å². The molecule has 88 valence electrons. The lowest BCUT2D eigenvalue weighted by Gasteiger charge is -2.26. The molecule has 0 fully saturated rings. The zero-order valence-electron chi connectivity index (χ0n) is 9.12. The number of nitrogens with two attached hydrogens (primary N) is 2. The van der Waals surface area contributed by atoms with Crippen LogP contribution in [0.25, 0.3) is 0 Å². The largest absolute Gasteiger partial charge is 0.393 e. The molecule has 16 heavy (non-hydrogen) atoms. The Morgan fingerprint density at radius 2 is 2.19 bits per heavy atom. The van der Waals surface area contributed by atoms with Gasteiger partial charge in [-0.25, -0.2) is 9.97 Å². The number of nitrogens with one attached hydrogen (secondary N) is 1. The van der Waals surface area contributed by atoms with Crippen molar-refractivity contribution in [2.24, 2.45) is 5.73 Å². The number of primary amides is 1. The van der Waals surface area contributed by atoms with Gasteiger partial charge in [0.05, 0.1) is 0 Å². The van der Waals surface area contributed by atoms with Crippen molar-refractivity contribution in [3.8, 4) is 0 Å². The Balaban J connectivity index is 2.87. The summed E-state index contributed by atoms with van der Waals surface area (Å²) in [4.78, 5) is 18.5. The van der Waals surface area contributed by atoms with Gasteiger partial charge in [0, 0.05) is 12.0 Å². The van der Waals surface area contributed by atoms with Crippen LogP contribution in [-0.4, -0.2) is 21.4 Å². The molecule has 7 heteroatoms. The second-order valence-electron chi connectivity index (χ2n) is 4.08. The average molecular weight is 244 g/mol. The fourth-order valence-electron chi connectivity index (χ4n) is 1.27. The van der Waals surface area contributed by atoms with Gasteiger partial charge in [-0.3, -0.25) is 4.79 Å². The van der Waals surface area contributed by atoms with Gasteiger partial charge in [-0.15, -0.1) is 0 Å². The van der Waals surface area contributed by atoms with Crippen molar-refractivity contribution < 1.29 is 4.79 Å². The number of carbonyl (C=O) groups excluding carboxylic acids is 1. The SMILES string of the molecule is CC(C)(CC(N)=O)Nc1ncnc(Cl)c1N. The van der Waals surface area contributed by atoms with E-state index >= 15 is 0 Å². The lowest BCUT2D eigenvalue weighted by Crippen LogP contribution is -2.36. The van der Waals surface area contributed by atoms with Crippen LogP contribution in [-0.2, 0) is 4.79 Å². The van der Waals surface area contributed by atoms with Crippen LogP contribution < -0.4 is 16.8 Å². The van der Waals surface area contributed by atoms with Gasteiger partial charge in [-0.1, -0.05) is 11.6 Å². The van der Waals surface area contributed by atoms with E-state index in [1.165, 1.54) is 6.33 Å². The van der Waals surface area contributed by atoms with E-state index < -0.39 is 11.4 Å². The van der Waals surface area contributed by atoms with E-state index in [4.69, 9.17) is 23.1 Å². The summed E-state index contributed by atoms with van der Waals surface area (Å²) in [6.07, 6.45) is 1.45. The average Bonchev–Trinajstić information content (AvgIpc) is 2.10. The van der Waals surface area contributed by atoms with Crippen molar-refractivity contribution >= 4 is 29.0 Å². The maximum absolute atomic E-state index is 10.8. The molecular formula is C9H14ClN5O. The Hall–Kier alpha value is -1.56. The molecule has 1 heterocycles. The summed E-state index contributed by atoms with van der Waals surface area (Å²) in [7, 11) is 0. The summed E-state index contributed by atoms with van der Waals surface area (Å²) in [6.45, 7) is 3.63. The highest BCUT2D eigenvalue weighted by Gasteiger charge is 2.22. The van der Waals surface area contributed by atoms with Gasteiger partial charge in [0.1, 0.15) is 12.0 Å². The van der Waals surface area contributed by atoms with Gasteiger partial charge >= 0.3 is 0 Å². The van der Waals surface area contributed by atoms with Gasteiger partial charge in [0.2, 0.25) is 5.91 Å². The molecule has 0 aliphatic carbocycles. The molecule has 0 aromatic carbocycles. The van der Waals surface area contributed by atoms with Crippen molar-refractivity contribution in [1.82, 2.24) is 9.97 Å². The standard InChI is InChI=1S/C9H14ClN5O/c1-9(2,3-5(11)16)15-8-6(12)7(10)13-4-14-8/h4H,3,12H2,1-2H3,(H2,11,16)(H,13,14,15). The number of carbonyl (C=O) groups is 1. The van der Waals surface area contributed by atoms with Gasteiger partial charge in [-0.2, -0.15) is 0 Å². The quantitative estimate of drug-likeness (QED) is 0.678. The highest BCUT2D eigenvalue weighted by Crippen LogP contribution is 2.25. The number of anilines is 2. The van der Waals surface area contributed by atoms with Crippen LogP contribution in [0.5, 0.6) is 0 Å². The maximum atomic E-state index is 10.8. The summed E-state index contributed by atoms with van der Waals surface area (Å²) in [5.74, 6) is -0.0116. The van der Waals surface area contributed by atoms with Crippen LogP contribution in [0.15, 0.2) is 6.33 Å². The molecule has 6 nitrogen and oxygen atoms in total. The van der Waals surface area contributed by atoms with Crippen molar-refractivity contribution in [1.29, 1.82) is 0 Å². The summed E-state index contributed by atoms with van der Waals surface area (Å²) < 4.78 is 0. The Bertz CT molecular complexity index is 407. The number of nitrogen functional groups attached to an aromatic ring is 1. The van der Waals surface area contributed by atoms with Crippen LogP contribution in [0.1, 0.15) is 20.3 Å². The molecule has 1 amide bonds. The van der Waals surface area contributed by atoms with E-state index in [0.717, 1.165) is 0 Å². The Morgan fingerprint density at radius 1 is 1.56 bits per heavy atom. The molecule has 5 N–H and O–H groups in total. The van der Waals surface area contributed by atoms with Crippen LogP contribution in [0.4, 0.5) is 11.5 Å². The zero-order valence-corrected chi connectivity index (χ0v) is 9.88. The highest BCUT2D eigenvalue weighted by atomic mass is 35.5. The number of halogens is 1. The maximum Gasteiger partial charge on any atom is 0.219 e. The number of rotatable bonds is 4. The minimum Gasteiger partial charge on any atom is -0.393 e. The molecule has 0 spiro atoms. The fourth-order valence-corrected chi connectivity index (χ4v) is 1.41.